The summed E-state index contributed by atoms with van der Waals surface area (Å²) < 4.78 is 47.2. The Balaban J connectivity index is 1.78. The van der Waals surface area contributed by atoms with Gasteiger partial charge in [-0.3, -0.25) is 4.79 Å². The van der Waals surface area contributed by atoms with Gasteiger partial charge in [-0.2, -0.15) is 23.5 Å². The summed E-state index contributed by atoms with van der Waals surface area (Å²) in [4.78, 5) is 12.4. The van der Waals surface area contributed by atoms with Crippen LogP contribution in [0.1, 0.15) is 18.1 Å². The van der Waals surface area contributed by atoms with Crippen molar-refractivity contribution in [3.63, 3.8) is 0 Å². The number of ether oxygens (including phenoxy) is 1. The summed E-state index contributed by atoms with van der Waals surface area (Å²) in [6.45, 7) is 1.42. The molecule has 2 aromatic carbocycles. The van der Waals surface area contributed by atoms with Gasteiger partial charge in [0.2, 0.25) is 0 Å². The van der Waals surface area contributed by atoms with Crippen molar-refractivity contribution in [1.82, 2.24) is 9.78 Å². The number of alkyl halides is 3. The van der Waals surface area contributed by atoms with E-state index in [1.807, 2.05) is 6.07 Å². The van der Waals surface area contributed by atoms with Crippen LogP contribution in [-0.4, -0.2) is 21.8 Å². The van der Waals surface area contributed by atoms with Gasteiger partial charge < -0.3 is 10.1 Å². The fraction of sp³-hybridized carbons (Fsp3) is 0.150. The maximum absolute atomic E-state index is 13.5. The minimum atomic E-state index is -4.68. The molecule has 0 aliphatic rings. The third kappa shape index (κ3) is 4.73. The van der Waals surface area contributed by atoms with E-state index in [0.717, 1.165) is 6.07 Å². The molecule has 6 nitrogen and oxygen atoms in total. The number of aromatic nitrogens is 2. The Hall–Kier alpha value is -3.80. The Kier molecular flexibility index (Phi) is 5.54. The molecule has 0 fully saturated rings. The Morgan fingerprint density at radius 3 is 2.55 bits per heavy atom. The average molecular weight is 400 g/mol. The average Bonchev–Trinajstić information content (AvgIpc) is 3.22. The van der Waals surface area contributed by atoms with Gasteiger partial charge in [0, 0.05) is 12.4 Å². The predicted molar refractivity (Wildman–Crippen MR) is 98.4 cm³/mol. The SMILES string of the molecule is C[C@@H](Oc1ccc(C#N)cc1)C(=O)Nc1ccc(-n2cccn2)cc1C(F)(F)F. The molecule has 9 heteroatoms. The molecule has 148 valence electrons. The molecule has 3 rings (SSSR count). The lowest BCUT2D eigenvalue weighted by Crippen LogP contribution is -2.31. The number of rotatable bonds is 5. The first-order chi connectivity index (χ1) is 13.8. The van der Waals surface area contributed by atoms with Crippen LogP contribution in [0.5, 0.6) is 5.75 Å². The first kappa shape index (κ1) is 19.9. The summed E-state index contributed by atoms with van der Waals surface area (Å²) in [5.41, 5.74) is -0.748. The number of carbonyl (C=O) groups excluding carboxylic acids is 1. The third-order valence-corrected chi connectivity index (χ3v) is 4.00. The largest absolute Gasteiger partial charge is 0.481 e. The molecule has 1 aromatic heterocycles. The van der Waals surface area contributed by atoms with Crippen molar-refractivity contribution in [2.24, 2.45) is 0 Å². The number of nitrogens with one attached hydrogen (secondary N) is 1. The van der Waals surface area contributed by atoms with Crippen LogP contribution in [0.4, 0.5) is 18.9 Å². The van der Waals surface area contributed by atoms with E-state index in [1.54, 1.807) is 6.07 Å². The zero-order valence-electron chi connectivity index (χ0n) is 15.1. The van der Waals surface area contributed by atoms with E-state index in [1.165, 1.54) is 60.4 Å². The summed E-state index contributed by atoms with van der Waals surface area (Å²) in [6, 6.07) is 13.1. The maximum atomic E-state index is 13.5. The van der Waals surface area contributed by atoms with Crippen LogP contribution in [0.25, 0.3) is 5.69 Å². The molecule has 0 aliphatic carbocycles. The second-order valence-electron chi connectivity index (χ2n) is 6.06. The summed E-state index contributed by atoms with van der Waals surface area (Å²) in [6.07, 6.45) is -2.77. The molecule has 3 aromatic rings. The van der Waals surface area contributed by atoms with E-state index in [0.29, 0.717) is 11.3 Å². The van der Waals surface area contributed by atoms with Crippen LogP contribution in [0.2, 0.25) is 0 Å². The second kappa shape index (κ2) is 8.06. The Morgan fingerprint density at radius 1 is 1.24 bits per heavy atom. The van der Waals surface area contributed by atoms with Crippen LogP contribution in [-0.2, 0) is 11.0 Å². The highest BCUT2D eigenvalue weighted by Crippen LogP contribution is 2.36. The zero-order valence-corrected chi connectivity index (χ0v) is 15.1. The molecule has 0 unspecified atom stereocenters. The molecule has 1 amide bonds. The minimum absolute atomic E-state index is 0.210. The number of benzene rings is 2. The molecule has 0 saturated heterocycles. The van der Waals surface area contributed by atoms with E-state index in [2.05, 4.69) is 10.4 Å². The van der Waals surface area contributed by atoms with Gasteiger partial charge in [-0.1, -0.05) is 0 Å². The van der Waals surface area contributed by atoms with Crippen LogP contribution < -0.4 is 10.1 Å². The highest BCUT2D eigenvalue weighted by atomic mass is 19.4. The summed E-state index contributed by atoms with van der Waals surface area (Å²) in [5, 5.41) is 15.0. The van der Waals surface area contributed by atoms with Gasteiger partial charge in [0.25, 0.3) is 5.91 Å². The zero-order chi connectivity index (χ0) is 21.0. The van der Waals surface area contributed by atoms with Crippen molar-refractivity contribution in [2.75, 3.05) is 5.32 Å². The lowest BCUT2D eigenvalue weighted by atomic mass is 10.1. The highest BCUT2D eigenvalue weighted by Gasteiger charge is 2.35. The van der Waals surface area contributed by atoms with Crippen molar-refractivity contribution >= 4 is 11.6 Å². The third-order valence-electron chi connectivity index (χ3n) is 4.00. The van der Waals surface area contributed by atoms with Gasteiger partial charge in [0.15, 0.2) is 6.10 Å². The molecule has 0 spiro atoms. The molecule has 1 N–H and O–H groups in total. The number of nitrogens with zero attached hydrogens (tertiary/aromatic N) is 3. The first-order valence-electron chi connectivity index (χ1n) is 8.47. The number of halogens is 3. The van der Waals surface area contributed by atoms with Crippen molar-refractivity contribution in [3.8, 4) is 17.5 Å². The molecule has 0 radical (unpaired) electrons. The first-order valence-corrected chi connectivity index (χ1v) is 8.47. The van der Waals surface area contributed by atoms with Gasteiger partial charge in [0.05, 0.1) is 28.6 Å². The van der Waals surface area contributed by atoms with Gasteiger partial charge >= 0.3 is 6.18 Å². The highest BCUT2D eigenvalue weighted by molar-refractivity contribution is 5.95. The lowest BCUT2D eigenvalue weighted by Gasteiger charge is -2.18. The van der Waals surface area contributed by atoms with Gasteiger partial charge in [-0.25, -0.2) is 4.68 Å². The van der Waals surface area contributed by atoms with Crippen molar-refractivity contribution in [2.45, 2.75) is 19.2 Å². The van der Waals surface area contributed by atoms with E-state index < -0.39 is 23.8 Å². The Bertz CT molecular complexity index is 1040. The van der Waals surface area contributed by atoms with Crippen molar-refractivity contribution in [1.29, 1.82) is 5.26 Å². The molecule has 1 atom stereocenters. The van der Waals surface area contributed by atoms with Crippen LogP contribution in [0.3, 0.4) is 0 Å². The number of nitriles is 1. The number of carbonyl (C=O) groups is 1. The van der Waals surface area contributed by atoms with Crippen molar-refractivity contribution in [3.05, 3.63) is 72.1 Å². The van der Waals surface area contributed by atoms with Gasteiger partial charge in [-0.05, 0) is 55.5 Å². The standard InChI is InChI=1S/C20H15F3N4O2/c1-13(29-16-6-3-14(12-24)4-7-16)19(28)26-18-8-5-15(27-10-2-9-25-27)11-17(18)20(21,22)23/h2-11,13H,1H3,(H,26,28)/t13-/m1/s1. The molecule has 1 heterocycles. The monoisotopic (exact) mass is 400 g/mol. The molecule has 0 bridgehead atoms. The van der Waals surface area contributed by atoms with Crippen LogP contribution >= 0.6 is 0 Å². The number of hydrogen-bond acceptors (Lipinski definition) is 4. The molecule has 29 heavy (non-hydrogen) atoms. The van der Waals surface area contributed by atoms with E-state index in [4.69, 9.17) is 10.00 Å². The molecule has 0 saturated carbocycles. The number of hydrogen-bond donors (Lipinski definition) is 1. The summed E-state index contributed by atoms with van der Waals surface area (Å²) >= 11 is 0. The molecular formula is C20H15F3N4O2. The molecular weight excluding hydrogens is 385 g/mol. The Morgan fingerprint density at radius 2 is 1.97 bits per heavy atom. The quantitative estimate of drug-likeness (QED) is 0.697. The second-order valence-corrected chi connectivity index (χ2v) is 6.06. The summed E-state index contributed by atoms with van der Waals surface area (Å²) in [5.74, 6) is -0.427. The fourth-order valence-electron chi connectivity index (χ4n) is 2.54. The van der Waals surface area contributed by atoms with E-state index in [9.17, 15) is 18.0 Å². The maximum Gasteiger partial charge on any atom is 0.418 e. The van der Waals surface area contributed by atoms with Crippen molar-refractivity contribution < 1.29 is 22.7 Å². The van der Waals surface area contributed by atoms with Gasteiger partial charge in [0.1, 0.15) is 5.75 Å². The van der Waals surface area contributed by atoms with Crippen LogP contribution in [0.15, 0.2) is 60.9 Å². The van der Waals surface area contributed by atoms with Crippen LogP contribution in [0, 0.1) is 11.3 Å². The number of anilines is 1. The topological polar surface area (TPSA) is 79.9 Å². The predicted octanol–water partition coefficient (Wildman–Crippen LogP) is 4.17. The minimum Gasteiger partial charge on any atom is -0.481 e. The van der Waals surface area contributed by atoms with Gasteiger partial charge in [-0.15, -0.1) is 0 Å². The molecule has 0 aliphatic heterocycles. The smallest absolute Gasteiger partial charge is 0.418 e. The lowest BCUT2D eigenvalue weighted by molar-refractivity contribution is -0.137. The fourth-order valence-corrected chi connectivity index (χ4v) is 2.54. The summed E-state index contributed by atoms with van der Waals surface area (Å²) in [7, 11) is 0. The Labute approximate surface area is 164 Å². The normalized spacial score (nSPS) is 12.1. The number of amides is 1. The van der Waals surface area contributed by atoms with E-state index >= 15 is 0 Å². The van der Waals surface area contributed by atoms with E-state index in [-0.39, 0.29) is 11.4 Å².